The molecule has 0 N–H and O–H groups in total. The summed E-state index contributed by atoms with van der Waals surface area (Å²) in [5.74, 6) is 0.898. The van der Waals surface area contributed by atoms with Crippen molar-refractivity contribution in [3.63, 3.8) is 0 Å². The lowest BCUT2D eigenvalue weighted by atomic mass is 9.89. The zero-order chi connectivity index (χ0) is 22.0. The zero-order valence-corrected chi connectivity index (χ0v) is 17.9. The molecular formula is C24H27F3N4. The third-order valence-electron chi connectivity index (χ3n) is 6.38. The van der Waals surface area contributed by atoms with Crippen LogP contribution in [-0.2, 0) is 12.6 Å². The van der Waals surface area contributed by atoms with Gasteiger partial charge < -0.3 is 4.90 Å². The molecule has 0 amide bonds. The second kappa shape index (κ2) is 8.81. The molecule has 1 aliphatic carbocycles. The monoisotopic (exact) mass is 428 g/mol. The Morgan fingerprint density at radius 3 is 2.42 bits per heavy atom. The fraction of sp³-hybridized carbons (Fsp3) is 0.458. The van der Waals surface area contributed by atoms with E-state index in [1.165, 1.54) is 22.8 Å². The molecule has 4 nitrogen and oxygen atoms in total. The van der Waals surface area contributed by atoms with E-state index in [1.807, 2.05) is 4.90 Å². The van der Waals surface area contributed by atoms with Gasteiger partial charge in [-0.3, -0.25) is 0 Å². The molecule has 0 spiro atoms. The summed E-state index contributed by atoms with van der Waals surface area (Å²) in [7, 11) is 0. The van der Waals surface area contributed by atoms with Gasteiger partial charge in [-0.15, -0.1) is 0 Å². The molecule has 0 saturated carbocycles. The molecule has 1 aliphatic heterocycles. The van der Waals surface area contributed by atoms with Crippen molar-refractivity contribution in [2.45, 2.75) is 58.0 Å². The molecule has 0 aromatic carbocycles. The standard InChI is InChI=1S/C24H27F3N4/c1-16-17(2)23(30-29-21(16)14-18-6-4-3-5-7-18)19-10-12-31(13-11-19)22-9-8-20(15-28-22)24(25,26)27/h4,6-9,15,19H,3,5,10-14H2,1-2H3. The lowest BCUT2D eigenvalue weighted by Crippen LogP contribution is -2.34. The Kier molecular flexibility index (Phi) is 6.12. The number of hydrogen-bond donors (Lipinski definition) is 0. The number of aromatic nitrogens is 3. The number of piperidine rings is 1. The van der Waals surface area contributed by atoms with Gasteiger partial charge in [-0.1, -0.05) is 18.2 Å². The molecule has 31 heavy (non-hydrogen) atoms. The second-order valence-corrected chi connectivity index (χ2v) is 8.38. The topological polar surface area (TPSA) is 41.9 Å². The van der Waals surface area contributed by atoms with Gasteiger partial charge in [-0.05, 0) is 68.4 Å². The van der Waals surface area contributed by atoms with Crippen LogP contribution < -0.4 is 4.90 Å². The highest BCUT2D eigenvalue weighted by molar-refractivity contribution is 5.42. The van der Waals surface area contributed by atoms with Crippen LogP contribution in [0.4, 0.5) is 19.0 Å². The minimum Gasteiger partial charge on any atom is -0.357 e. The molecule has 164 valence electrons. The summed E-state index contributed by atoms with van der Waals surface area (Å²) in [6, 6.07) is 2.56. The van der Waals surface area contributed by atoms with E-state index in [-0.39, 0.29) is 0 Å². The molecule has 3 heterocycles. The molecule has 0 unspecified atom stereocenters. The van der Waals surface area contributed by atoms with E-state index < -0.39 is 11.7 Å². The number of anilines is 1. The van der Waals surface area contributed by atoms with Crippen molar-refractivity contribution in [2.75, 3.05) is 18.0 Å². The molecular weight excluding hydrogens is 401 g/mol. The third kappa shape index (κ3) is 4.81. The van der Waals surface area contributed by atoms with Crippen molar-refractivity contribution in [2.24, 2.45) is 0 Å². The summed E-state index contributed by atoms with van der Waals surface area (Å²) in [6.45, 7) is 5.72. The first-order valence-corrected chi connectivity index (χ1v) is 10.8. The van der Waals surface area contributed by atoms with Crippen molar-refractivity contribution < 1.29 is 13.2 Å². The summed E-state index contributed by atoms with van der Waals surface area (Å²) >= 11 is 0. The number of halogens is 3. The largest absolute Gasteiger partial charge is 0.417 e. The Labute approximate surface area is 180 Å². The molecule has 0 bridgehead atoms. The van der Waals surface area contributed by atoms with Gasteiger partial charge in [0.1, 0.15) is 5.82 Å². The minimum absolute atomic E-state index is 0.305. The quantitative estimate of drug-likeness (QED) is 0.626. The fourth-order valence-electron chi connectivity index (χ4n) is 4.34. The van der Waals surface area contributed by atoms with Crippen LogP contribution >= 0.6 is 0 Å². The molecule has 7 heteroatoms. The SMILES string of the molecule is Cc1c(CC2=CCCC=C2)nnc(C2CCN(c3ccc(C(F)(F)F)cn3)CC2)c1C. The second-order valence-electron chi connectivity index (χ2n) is 8.38. The third-order valence-corrected chi connectivity index (χ3v) is 6.38. The molecule has 2 aliphatic rings. The van der Waals surface area contributed by atoms with Crippen molar-refractivity contribution in [1.29, 1.82) is 0 Å². The molecule has 2 aromatic heterocycles. The zero-order valence-electron chi connectivity index (χ0n) is 17.9. The van der Waals surface area contributed by atoms with Crippen LogP contribution in [0.1, 0.15) is 59.7 Å². The highest BCUT2D eigenvalue weighted by Crippen LogP contribution is 2.33. The van der Waals surface area contributed by atoms with E-state index in [2.05, 4.69) is 47.3 Å². The average molecular weight is 429 g/mol. The Hall–Kier alpha value is -2.70. The maximum Gasteiger partial charge on any atom is 0.417 e. The van der Waals surface area contributed by atoms with Crippen molar-refractivity contribution in [1.82, 2.24) is 15.2 Å². The normalized spacial score (nSPS) is 17.7. The van der Waals surface area contributed by atoms with Gasteiger partial charge in [0.05, 0.1) is 17.0 Å². The van der Waals surface area contributed by atoms with Crippen LogP contribution in [-0.4, -0.2) is 28.3 Å². The number of rotatable bonds is 4. The van der Waals surface area contributed by atoms with Crippen molar-refractivity contribution in [3.05, 3.63) is 70.2 Å². The Balaban J connectivity index is 1.42. The maximum absolute atomic E-state index is 12.8. The lowest BCUT2D eigenvalue weighted by Gasteiger charge is -2.33. The first kappa shape index (κ1) is 21.5. The molecule has 2 aromatic rings. The Morgan fingerprint density at radius 2 is 1.81 bits per heavy atom. The number of alkyl halides is 3. The number of pyridine rings is 1. The summed E-state index contributed by atoms with van der Waals surface area (Å²) in [4.78, 5) is 6.08. The number of nitrogens with zero attached hydrogens (tertiary/aromatic N) is 4. The van der Waals surface area contributed by atoms with Crippen LogP contribution in [0.15, 0.2) is 42.1 Å². The maximum atomic E-state index is 12.8. The Bertz CT molecular complexity index is 985. The molecule has 0 atom stereocenters. The summed E-state index contributed by atoms with van der Waals surface area (Å²) < 4.78 is 38.3. The lowest BCUT2D eigenvalue weighted by molar-refractivity contribution is -0.137. The predicted molar refractivity (Wildman–Crippen MR) is 115 cm³/mol. The number of allylic oxidation sites excluding steroid dienone is 4. The summed E-state index contributed by atoms with van der Waals surface area (Å²) in [5.41, 5.74) is 5.08. The van der Waals surface area contributed by atoms with Gasteiger partial charge in [0, 0.05) is 31.6 Å². The van der Waals surface area contributed by atoms with Gasteiger partial charge in [0.2, 0.25) is 0 Å². The van der Waals surface area contributed by atoms with E-state index in [0.717, 1.165) is 68.8 Å². The van der Waals surface area contributed by atoms with Gasteiger partial charge in [-0.25, -0.2) is 4.98 Å². The average Bonchev–Trinajstić information content (AvgIpc) is 2.77. The first-order valence-electron chi connectivity index (χ1n) is 10.8. The summed E-state index contributed by atoms with van der Waals surface area (Å²) in [6.07, 6.45) is 7.98. The van der Waals surface area contributed by atoms with Crippen LogP contribution in [0.5, 0.6) is 0 Å². The van der Waals surface area contributed by atoms with Crippen LogP contribution in [0, 0.1) is 13.8 Å². The van der Waals surface area contributed by atoms with E-state index in [9.17, 15) is 13.2 Å². The van der Waals surface area contributed by atoms with E-state index in [1.54, 1.807) is 0 Å². The highest BCUT2D eigenvalue weighted by atomic mass is 19.4. The fourth-order valence-corrected chi connectivity index (χ4v) is 4.34. The van der Waals surface area contributed by atoms with Gasteiger partial charge in [0.25, 0.3) is 0 Å². The van der Waals surface area contributed by atoms with Gasteiger partial charge in [-0.2, -0.15) is 23.4 Å². The van der Waals surface area contributed by atoms with Crippen LogP contribution in [0.3, 0.4) is 0 Å². The summed E-state index contributed by atoms with van der Waals surface area (Å²) in [5, 5.41) is 9.17. The molecule has 1 saturated heterocycles. The van der Waals surface area contributed by atoms with Gasteiger partial charge in [0.15, 0.2) is 0 Å². The smallest absolute Gasteiger partial charge is 0.357 e. The first-order chi connectivity index (χ1) is 14.8. The van der Waals surface area contributed by atoms with Gasteiger partial charge >= 0.3 is 6.18 Å². The van der Waals surface area contributed by atoms with Crippen LogP contribution in [0.2, 0.25) is 0 Å². The minimum atomic E-state index is -4.36. The van der Waals surface area contributed by atoms with Crippen molar-refractivity contribution >= 4 is 5.82 Å². The van der Waals surface area contributed by atoms with Crippen molar-refractivity contribution in [3.8, 4) is 0 Å². The highest BCUT2D eigenvalue weighted by Gasteiger charge is 2.31. The molecule has 1 fully saturated rings. The van der Waals surface area contributed by atoms with E-state index >= 15 is 0 Å². The molecule has 0 radical (unpaired) electrons. The predicted octanol–water partition coefficient (Wildman–Crippen LogP) is 5.71. The Morgan fingerprint density at radius 1 is 1.03 bits per heavy atom. The van der Waals surface area contributed by atoms with Crippen LogP contribution in [0.25, 0.3) is 0 Å². The van der Waals surface area contributed by atoms with E-state index in [4.69, 9.17) is 0 Å². The van der Waals surface area contributed by atoms with E-state index in [0.29, 0.717) is 11.7 Å². The molecule has 4 rings (SSSR count). The number of hydrogen-bond acceptors (Lipinski definition) is 4.